The molecule has 0 aromatic heterocycles. The SMILES string of the molecule is COc1cc(Br)cc(CCc2ccc(OC)c(O)c2)c1. The Hall–Kier alpha value is -1.68. The monoisotopic (exact) mass is 336 g/mol. The highest BCUT2D eigenvalue weighted by atomic mass is 79.9. The molecular formula is C16H17BrO3. The highest BCUT2D eigenvalue weighted by Crippen LogP contribution is 2.27. The van der Waals surface area contributed by atoms with Gasteiger partial charge in [0.15, 0.2) is 11.5 Å². The predicted molar refractivity (Wildman–Crippen MR) is 82.8 cm³/mol. The number of hydrogen-bond donors (Lipinski definition) is 1. The highest BCUT2D eigenvalue weighted by molar-refractivity contribution is 9.10. The van der Waals surface area contributed by atoms with Gasteiger partial charge in [0.25, 0.3) is 0 Å². The standard InChI is InChI=1S/C16H17BrO3/c1-19-14-8-12(7-13(17)10-14)4-3-11-5-6-16(20-2)15(18)9-11/h5-10,18H,3-4H2,1-2H3. The number of aryl methyl sites for hydroxylation is 2. The number of phenols is 1. The molecule has 106 valence electrons. The van der Waals surface area contributed by atoms with Crippen LogP contribution in [0.4, 0.5) is 0 Å². The Morgan fingerprint density at radius 2 is 1.70 bits per heavy atom. The molecule has 1 N–H and O–H groups in total. The van der Waals surface area contributed by atoms with Gasteiger partial charge in [-0.3, -0.25) is 0 Å². The number of benzene rings is 2. The zero-order valence-electron chi connectivity index (χ0n) is 11.5. The molecule has 0 saturated carbocycles. The quantitative estimate of drug-likeness (QED) is 0.898. The van der Waals surface area contributed by atoms with E-state index >= 15 is 0 Å². The van der Waals surface area contributed by atoms with E-state index in [0.29, 0.717) is 5.75 Å². The van der Waals surface area contributed by atoms with Gasteiger partial charge >= 0.3 is 0 Å². The summed E-state index contributed by atoms with van der Waals surface area (Å²) in [6.45, 7) is 0. The summed E-state index contributed by atoms with van der Waals surface area (Å²) in [5, 5.41) is 9.76. The lowest BCUT2D eigenvalue weighted by atomic mass is 10.0. The first-order valence-corrected chi connectivity index (χ1v) is 7.11. The van der Waals surface area contributed by atoms with Crippen molar-refractivity contribution < 1.29 is 14.6 Å². The van der Waals surface area contributed by atoms with Crippen molar-refractivity contribution in [2.24, 2.45) is 0 Å². The van der Waals surface area contributed by atoms with Crippen LogP contribution < -0.4 is 9.47 Å². The fraction of sp³-hybridized carbons (Fsp3) is 0.250. The van der Waals surface area contributed by atoms with E-state index in [4.69, 9.17) is 9.47 Å². The van der Waals surface area contributed by atoms with Crippen LogP contribution in [-0.4, -0.2) is 19.3 Å². The van der Waals surface area contributed by atoms with Gasteiger partial charge in [0.2, 0.25) is 0 Å². The molecule has 0 aliphatic heterocycles. The van der Waals surface area contributed by atoms with Gasteiger partial charge in [-0.2, -0.15) is 0 Å². The molecule has 0 fully saturated rings. The maximum absolute atomic E-state index is 9.76. The van der Waals surface area contributed by atoms with Crippen molar-refractivity contribution in [2.75, 3.05) is 14.2 Å². The van der Waals surface area contributed by atoms with Gasteiger partial charge in [0.1, 0.15) is 5.75 Å². The van der Waals surface area contributed by atoms with Crippen LogP contribution in [0.25, 0.3) is 0 Å². The molecule has 0 saturated heterocycles. The predicted octanol–water partition coefficient (Wildman–Crippen LogP) is 3.96. The second-order valence-corrected chi connectivity index (χ2v) is 5.42. The van der Waals surface area contributed by atoms with Gasteiger partial charge in [0, 0.05) is 4.47 Å². The maximum atomic E-state index is 9.76. The molecular weight excluding hydrogens is 320 g/mol. The molecule has 0 aliphatic rings. The molecule has 4 heteroatoms. The first-order chi connectivity index (χ1) is 9.62. The van der Waals surface area contributed by atoms with Gasteiger partial charge in [-0.05, 0) is 54.3 Å². The zero-order chi connectivity index (χ0) is 14.5. The number of rotatable bonds is 5. The lowest BCUT2D eigenvalue weighted by Crippen LogP contribution is -1.94. The second kappa shape index (κ2) is 6.66. The molecule has 0 aliphatic carbocycles. The summed E-state index contributed by atoms with van der Waals surface area (Å²) in [5.74, 6) is 1.52. The Bertz CT molecular complexity index is 596. The van der Waals surface area contributed by atoms with Crippen LogP contribution in [0.3, 0.4) is 0 Å². The summed E-state index contributed by atoms with van der Waals surface area (Å²) in [5.41, 5.74) is 2.26. The second-order valence-electron chi connectivity index (χ2n) is 4.51. The van der Waals surface area contributed by atoms with E-state index in [-0.39, 0.29) is 5.75 Å². The van der Waals surface area contributed by atoms with Crippen LogP contribution in [0.5, 0.6) is 17.2 Å². The summed E-state index contributed by atoms with van der Waals surface area (Å²) in [6, 6.07) is 11.5. The topological polar surface area (TPSA) is 38.7 Å². The molecule has 3 nitrogen and oxygen atoms in total. The van der Waals surface area contributed by atoms with E-state index in [2.05, 4.69) is 22.0 Å². The zero-order valence-corrected chi connectivity index (χ0v) is 13.1. The van der Waals surface area contributed by atoms with Gasteiger partial charge in [-0.15, -0.1) is 0 Å². The van der Waals surface area contributed by atoms with Crippen molar-refractivity contribution >= 4 is 15.9 Å². The van der Waals surface area contributed by atoms with Crippen molar-refractivity contribution in [2.45, 2.75) is 12.8 Å². The van der Waals surface area contributed by atoms with Crippen molar-refractivity contribution in [1.29, 1.82) is 0 Å². The van der Waals surface area contributed by atoms with E-state index < -0.39 is 0 Å². The fourth-order valence-corrected chi connectivity index (χ4v) is 2.58. The van der Waals surface area contributed by atoms with Gasteiger partial charge in [-0.25, -0.2) is 0 Å². The summed E-state index contributed by atoms with van der Waals surface area (Å²) in [7, 11) is 3.20. The lowest BCUT2D eigenvalue weighted by molar-refractivity contribution is 0.373. The van der Waals surface area contributed by atoms with Gasteiger partial charge in [-0.1, -0.05) is 22.0 Å². The number of hydrogen-bond acceptors (Lipinski definition) is 3. The summed E-state index contributed by atoms with van der Waals surface area (Å²) in [6.07, 6.45) is 1.72. The van der Waals surface area contributed by atoms with E-state index in [1.165, 1.54) is 5.56 Å². The number of methoxy groups -OCH3 is 2. The minimum absolute atomic E-state index is 0.178. The molecule has 0 heterocycles. The van der Waals surface area contributed by atoms with E-state index in [1.54, 1.807) is 26.4 Å². The Balaban J connectivity index is 2.08. The Morgan fingerprint density at radius 1 is 0.950 bits per heavy atom. The van der Waals surface area contributed by atoms with E-state index in [9.17, 15) is 5.11 Å². The smallest absolute Gasteiger partial charge is 0.160 e. The molecule has 0 bridgehead atoms. The third-order valence-corrected chi connectivity index (χ3v) is 3.57. The van der Waals surface area contributed by atoms with Gasteiger partial charge in [0.05, 0.1) is 14.2 Å². The van der Waals surface area contributed by atoms with E-state index in [1.807, 2.05) is 18.2 Å². The minimum atomic E-state index is 0.178. The molecule has 2 rings (SSSR count). The molecule has 0 spiro atoms. The summed E-state index contributed by atoms with van der Waals surface area (Å²) >= 11 is 3.47. The van der Waals surface area contributed by atoms with Crippen LogP contribution in [0.2, 0.25) is 0 Å². The van der Waals surface area contributed by atoms with Crippen LogP contribution >= 0.6 is 15.9 Å². The third-order valence-electron chi connectivity index (χ3n) is 3.11. The number of halogens is 1. The molecule has 0 atom stereocenters. The number of aromatic hydroxyl groups is 1. The Labute approximate surface area is 127 Å². The number of ether oxygens (including phenoxy) is 2. The normalized spacial score (nSPS) is 10.3. The number of phenolic OH excluding ortho intramolecular Hbond substituents is 1. The largest absolute Gasteiger partial charge is 0.504 e. The molecule has 0 radical (unpaired) electrons. The van der Waals surface area contributed by atoms with Crippen molar-refractivity contribution in [3.8, 4) is 17.2 Å². The maximum Gasteiger partial charge on any atom is 0.160 e. The first kappa shape index (κ1) is 14.7. The molecule has 0 amide bonds. The van der Waals surface area contributed by atoms with Crippen LogP contribution in [0.15, 0.2) is 40.9 Å². The van der Waals surface area contributed by atoms with Crippen molar-refractivity contribution in [1.82, 2.24) is 0 Å². The highest BCUT2D eigenvalue weighted by Gasteiger charge is 2.04. The third kappa shape index (κ3) is 3.67. The minimum Gasteiger partial charge on any atom is -0.504 e. The average molecular weight is 337 g/mol. The van der Waals surface area contributed by atoms with Crippen LogP contribution in [-0.2, 0) is 12.8 Å². The molecule has 2 aromatic rings. The summed E-state index contributed by atoms with van der Waals surface area (Å²) in [4.78, 5) is 0. The Morgan fingerprint density at radius 3 is 2.35 bits per heavy atom. The lowest BCUT2D eigenvalue weighted by Gasteiger charge is -2.08. The van der Waals surface area contributed by atoms with Crippen LogP contribution in [0.1, 0.15) is 11.1 Å². The van der Waals surface area contributed by atoms with Crippen molar-refractivity contribution in [3.05, 3.63) is 52.0 Å². The Kier molecular flexibility index (Phi) is 4.90. The van der Waals surface area contributed by atoms with Crippen LogP contribution in [0, 0.1) is 0 Å². The first-order valence-electron chi connectivity index (χ1n) is 6.31. The molecule has 20 heavy (non-hydrogen) atoms. The van der Waals surface area contributed by atoms with Gasteiger partial charge < -0.3 is 14.6 Å². The fourth-order valence-electron chi connectivity index (χ4n) is 2.06. The van der Waals surface area contributed by atoms with E-state index in [0.717, 1.165) is 28.6 Å². The molecule has 2 aromatic carbocycles. The summed E-state index contributed by atoms with van der Waals surface area (Å²) < 4.78 is 11.3. The van der Waals surface area contributed by atoms with Crippen molar-refractivity contribution in [3.63, 3.8) is 0 Å². The average Bonchev–Trinajstić information content (AvgIpc) is 2.44. The molecule has 0 unspecified atom stereocenters.